The Morgan fingerprint density at radius 1 is 0.920 bits per heavy atom. The van der Waals surface area contributed by atoms with Crippen molar-refractivity contribution >= 4 is 7.60 Å². The van der Waals surface area contributed by atoms with Crippen LogP contribution in [0.1, 0.15) is 23.5 Å². The second kappa shape index (κ2) is 7.11. The molecule has 130 valence electrons. The fourth-order valence-electron chi connectivity index (χ4n) is 3.67. The summed E-state index contributed by atoms with van der Waals surface area (Å²) in [6, 6.07) is 19.5. The highest BCUT2D eigenvalue weighted by atomic mass is 31.2. The summed E-state index contributed by atoms with van der Waals surface area (Å²) in [5.74, 6) is -1.56. The Morgan fingerprint density at radius 2 is 1.44 bits per heavy atom. The lowest BCUT2D eigenvalue weighted by Crippen LogP contribution is -2.45. The van der Waals surface area contributed by atoms with Crippen molar-refractivity contribution in [3.63, 3.8) is 0 Å². The third kappa shape index (κ3) is 3.53. The summed E-state index contributed by atoms with van der Waals surface area (Å²) in [5, 5.41) is 0. The highest BCUT2D eigenvalue weighted by molar-refractivity contribution is 7.52. The first kappa shape index (κ1) is 17.8. The van der Waals surface area contributed by atoms with Gasteiger partial charge in [-0.2, -0.15) is 0 Å². The highest BCUT2D eigenvalue weighted by Gasteiger charge is 2.50. The van der Waals surface area contributed by atoms with Gasteiger partial charge in [-0.1, -0.05) is 85.0 Å². The molecule has 0 amide bonds. The molecule has 4 N–H and O–H groups in total. The molecule has 2 aromatic rings. The summed E-state index contributed by atoms with van der Waals surface area (Å²) in [6.45, 7) is 0. The minimum absolute atomic E-state index is 0.265. The van der Waals surface area contributed by atoms with E-state index in [1.807, 2.05) is 85.0 Å². The molecule has 3 rings (SSSR count). The molecular weight excluding hydrogens is 333 g/mol. The fourth-order valence-corrected chi connectivity index (χ4v) is 4.64. The van der Waals surface area contributed by atoms with Crippen molar-refractivity contribution in [2.75, 3.05) is 0 Å². The van der Waals surface area contributed by atoms with E-state index < -0.39 is 18.8 Å². The quantitative estimate of drug-likeness (QED) is 0.713. The average Bonchev–Trinajstić information content (AvgIpc) is 2.63. The van der Waals surface area contributed by atoms with E-state index in [-0.39, 0.29) is 5.92 Å². The van der Waals surface area contributed by atoms with Crippen LogP contribution in [-0.2, 0) is 4.57 Å². The van der Waals surface area contributed by atoms with Crippen LogP contribution in [0.3, 0.4) is 0 Å². The van der Waals surface area contributed by atoms with Gasteiger partial charge in [0.15, 0.2) is 0 Å². The number of benzene rings is 2. The van der Waals surface area contributed by atoms with Gasteiger partial charge in [0.2, 0.25) is 0 Å². The predicted octanol–water partition coefficient (Wildman–Crippen LogP) is 3.78. The maximum atomic E-state index is 12.1. The summed E-state index contributed by atoms with van der Waals surface area (Å²) < 4.78 is 12.1. The number of allylic oxidation sites excluding steroid dienone is 3. The summed E-state index contributed by atoms with van der Waals surface area (Å²) in [5.41, 5.74) is 7.25. The molecule has 2 atom stereocenters. The van der Waals surface area contributed by atoms with Crippen LogP contribution in [0.25, 0.3) is 0 Å². The normalized spacial score (nSPS) is 21.4. The number of hydrogen-bond donors (Lipinski definition) is 3. The Morgan fingerprint density at radius 3 is 1.84 bits per heavy atom. The van der Waals surface area contributed by atoms with Crippen LogP contribution in [0.5, 0.6) is 0 Å². The van der Waals surface area contributed by atoms with E-state index in [1.165, 1.54) is 0 Å². The first-order chi connectivity index (χ1) is 12.0. The van der Waals surface area contributed by atoms with Gasteiger partial charge in [0.1, 0.15) is 5.78 Å². The van der Waals surface area contributed by atoms with Gasteiger partial charge in [-0.15, -0.1) is 0 Å². The molecule has 2 aromatic carbocycles. The van der Waals surface area contributed by atoms with Gasteiger partial charge < -0.3 is 15.5 Å². The molecule has 0 aliphatic heterocycles. The number of rotatable bonds is 5. The summed E-state index contributed by atoms with van der Waals surface area (Å²) in [7, 11) is -4.49. The van der Waals surface area contributed by atoms with Gasteiger partial charge in [-0.05, 0) is 17.5 Å². The van der Waals surface area contributed by atoms with E-state index in [4.69, 9.17) is 5.73 Å². The second-order valence-electron chi connectivity index (χ2n) is 6.39. The molecule has 4 nitrogen and oxygen atoms in total. The molecular formula is C20H22NO3P. The first-order valence-corrected chi connectivity index (χ1v) is 9.88. The topological polar surface area (TPSA) is 83.6 Å². The van der Waals surface area contributed by atoms with E-state index in [2.05, 4.69) is 0 Å². The molecule has 0 spiro atoms. The maximum Gasteiger partial charge on any atom is 0.343 e. The van der Waals surface area contributed by atoms with Crippen molar-refractivity contribution in [1.29, 1.82) is 0 Å². The number of nitrogens with two attached hydrogens (primary N) is 1. The SMILES string of the molecule is N[C@@H](C1(C(c2ccccc2)c2ccccc2)C=CC=CC1)P(=O)(O)O. The summed E-state index contributed by atoms with van der Waals surface area (Å²) >= 11 is 0. The van der Waals surface area contributed by atoms with Crippen LogP contribution >= 0.6 is 7.60 Å². The van der Waals surface area contributed by atoms with Gasteiger partial charge >= 0.3 is 7.60 Å². The Hall–Kier alpha value is -1.97. The molecule has 1 aliphatic rings. The molecule has 1 unspecified atom stereocenters. The van der Waals surface area contributed by atoms with Crippen molar-refractivity contribution in [1.82, 2.24) is 0 Å². The van der Waals surface area contributed by atoms with E-state index >= 15 is 0 Å². The first-order valence-electron chi connectivity index (χ1n) is 8.20. The second-order valence-corrected chi connectivity index (χ2v) is 8.13. The Bertz CT molecular complexity index is 774. The van der Waals surface area contributed by atoms with Crippen molar-refractivity contribution in [2.45, 2.75) is 18.1 Å². The molecule has 25 heavy (non-hydrogen) atoms. The Kier molecular flexibility index (Phi) is 5.07. The Labute approximate surface area is 147 Å². The molecule has 0 saturated heterocycles. The van der Waals surface area contributed by atoms with E-state index in [1.54, 1.807) is 0 Å². The minimum Gasteiger partial charge on any atom is -0.323 e. The summed E-state index contributed by atoms with van der Waals surface area (Å²) in [6.07, 6.45) is 7.97. The molecule has 0 bridgehead atoms. The van der Waals surface area contributed by atoms with Crippen LogP contribution < -0.4 is 5.73 Å². The highest BCUT2D eigenvalue weighted by Crippen LogP contribution is 2.57. The van der Waals surface area contributed by atoms with Crippen molar-refractivity contribution in [3.8, 4) is 0 Å². The van der Waals surface area contributed by atoms with Crippen LogP contribution in [-0.4, -0.2) is 15.6 Å². The molecule has 1 aliphatic carbocycles. The van der Waals surface area contributed by atoms with Gasteiger partial charge in [0.25, 0.3) is 0 Å². The van der Waals surface area contributed by atoms with Crippen LogP contribution in [0.2, 0.25) is 0 Å². The lowest BCUT2D eigenvalue weighted by molar-refractivity contribution is 0.265. The zero-order valence-electron chi connectivity index (χ0n) is 13.8. The molecule has 0 fully saturated rings. The van der Waals surface area contributed by atoms with E-state index in [0.717, 1.165) is 11.1 Å². The molecule has 0 aromatic heterocycles. The Balaban J connectivity index is 2.23. The third-order valence-corrected chi connectivity index (χ3v) is 6.05. The predicted molar refractivity (Wildman–Crippen MR) is 100 cm³/mol. The smallest absolute Gasteiger partial charge is 0.323 e. The van der Waals surface area contributed by atoms with Crippen molar-refractivity contribution in [2.24, 2.45) is 11.1 Å². The van der Waals surface area contributed by atoms with Gasteiger partial charge in [-0.3, -0.25) is 4.57 Å². The van der Waals surface area contributed by atoms with Gasteiger partial charge in [0.05, 0.1) is 0 Å². The fraction of sp³-hybridized carbons (Fsp3) is 0.200. The lowest BCUT2D eigenvalue weighted by atomic mass is 9.65. The zero-order chi connectivity index (χ0) is 17.9. The zero-order valence-corrected chi connectivity index (χ0v) is 14.7. The van der Waals surface area contributed by atoms with Gasteiger partial charge in [-0.25, -0.2) is 0 Å². The molecule has 0 saturated carbocycles. The van der Waals surface area contributed by atoms with Crippen molar-refractivity contribution in [3.05, 3.63) is 96.1 Å². The van der Waals surface area contributed by atoms with Crippen molar-refractivity contribution < 1.29 is 14.4 Å². The summed E-state index contributed by atoms with van der Waals surface area (Å²) in [4.78, 5) is 19.7. The van der Waals surface area contributed by atoms with Crippen LogP contribution in [0.15, 0.2) is 85.0 Å². The number of hydrogen-bond acceptors (Lipinski definition) is 2. The minimum atomic E-state index is -4.49. The molecule has 5 heteroatoms. The van der Waals surface area contributed by atoms with Gasteiger partial charge in [0, 0.05) is 11.3 Å². The molecule has 0 heterocycles. The maximum absolute atomic E-state index is 12.1. The third-order valence-electron chi connectivity index (χ3n) is 4.84. The van der Waals surface area contributed by atoms with Crippen LogP contribution in [0.4, 0.5) is 0 Å². The molecule has 0 radical (unpaired) electrons. The monoisotopic (exact) mass is 355 g/mol. The standard InChI is InChI=1S/C20H22NO3P/c21-19(25(22,23)24)20(14-8-3-9-15-20)18(16-10-4-1-5-11-16)17-12-6-2-7-13-17/h1-14,18-19H,15,21H2,(H2,22,23,24)/t19-,20?/m1/s1. The average molecular weight is 355 g/mol. The largest absolute Gasteiger partial charge is 0.343 e. The van der Waals surface area contributed by atoms with Crippen LogP contribution in [0, 0.1) is 5.41 Å². The van der Waals surface area contributed by atoms with E-state index in [9.17, 15) is 14.4 Å². The van der Waals surface area contributed by atoms with E-state index in [0.29, 0.717) is 6.42 Å². The lowest BCUT2D eigenvalue weighted by Gasteiger charge is -2.44.